The summed E-state index contributed by atoms with van der Waals surface area (Å²) >= 11 is 1.70. The molecule has 0 aliphatic rings. The third kappa shape index (κ3) is 7.96. The molecule has 0 aliphatic heterocycles. The fourth-order valence-electron chi connectivity index (χ4n) is 3.97. The van der Waals surface area contributed by atoms with Gasteiger partial charge in [0.05, 0.1) is 0 Å². The quantitative estimate of drug-likeness (QED) is 0.321. The normalized spacial score (nSPS) is 11.7. The molecule has 3 rings (SSSR count). The Bertz CT molecular complexity index is 1100. The minimum Gasteiger partial charge on any atom is -0.508 e. The number of unbranched alkanes of at least 4 members (excludes halogenated alkanes) is 1. The number of para-hydroxylation sites is 1. The van der Waals surface area contributed by atoms with Gasteiger partial charge in [0.1, 0.15) is 17.2 Å². The standard InChI is InChI=1S/C22H30O2S.C10H14O/c1-13-9-17(23)15(21(3,4)5)11-19(13)25-20-12-16(22(6,7)8)18(24)10-14(20)2;1-2-3-6-9-7-4-5-8-10(9)11/h9-12,23-24H,1-8H3;4-5,7-8,11H,2-3,6H2,1H3. The van der Waals surface area contributed by atoms with Gasteiger partial charge in [-0.2, -0.15) is 0 Å². The summed E-state index contributed by atoms with van der Waals surface area (Å²) < 4.78 is 0. The SMILES string of the molecule is CCCCc1ccccc1O.Cc1cc(O)c(C(C)(C)C)cc1Sc1cc(C(C)(C)C)c(O)cc1C. The Labute approximate surface area is 222 Å². The molecular formula is C32H44O3S. The van der Waals surface area contributed by atoms with Gasteiger partial charge in [-0.25, -0.2) is 0 Å². The molecule has 0 heterocycles. The third-order valence-corrected chi connectivity index (χ3v) is 7.53. The topological polar surface area (TPSA) is 60.7 Å². The van der Waals surface area contributed by atoms with Crippen LogP contribution in [-0.2, 0) is 17.3 Å². The molecule has 3 nitrogen and oxygen atoms in total. The molecule has 0 unspecified atom stereocenters. The lowest BCUT2D eigenvalue weighted by atomic mass is 9.86. The van der Waals surface area contributed by atoms with E-state index in [9.17, 15) is 15.3 Å². The maximum atomic E-state index is 10.3. The number of hydrogen-bond acceptors (Lipinski definition) is 4. The fraction of sp³-hybridized carbons (Fsp3) is 0.438. The first kappa shape index (κ1) is 29.6. The van der Waals surface area contributed by atoms with Crippen LogP contribution in [0.2, 0.25) is 0 Å². The number of aromatic hydroxyl groups is 3. The summed E-state index contributed by atoms with van der Waals surface area (Å²) in [5.41, 5.74) is 4.84. The van der Waals surface area contributed by atoms with Crippen molar-refractivity contribution in [1.82, 2.24) is 0 Å². The summed E-state index contributed by atoms with van der Waals surface area (Å²) in [7, 11) is 0. The van der Waals surface area contributed by atoms with Crippen molar-refractivity contribution in [3.05, 3.63) is 76.3 Å². The van der Waals surface area contributed by atoms with Gasteiger partial charge in [0, 0.05) is 20.9 Å². The fourth-order valence-corrected chi connectivity index (χ4v) is 5.01. The summed E-state index contributed by atoms with van der Waals surface area (Å²) in [6.07, 6.45) is 3.31. The number of rotatable bonds is 5. The number of phenolic OH excluding ortho intramolecular Hbond substituents is 3. The maximum absolute atomic E-state index is 10.3. The second kappa shape index (κ2) is 12.1. The van der Waals surface area contributed by atoms with E-state index in [1.54, 1.807) is 17.8 Å². The molecule has 0 aliphatic carbocycles. The lowest BCUT2D eigenvalue weighted by molar-refractivity contribution is 0.444. The highest BCUT2D eigenvalue weighted by Crippen LogP contribution is 2.42. The number of benzene rings is 3. The van der Waals surface area contributed by atoms with Crippen molar-refractivity contribution in [3.8, 4) is 17.2 Å². The summed E-state index contributed by atoms with van der Waals surface area (Å²) in [6.45, 7) is 18.8. The Morgan fingerprint density at radius 1 is 0.667 bits per heavy atom. The molecule has 0 bridgehead atoms. The molecule has 0 radical (unpaired) electrons. The van der Waals surface area contributed by atoms with Crippen LogP contribution in [0.3, 0.4) is 0 Å². The van der Waals surface area contributed by atoms with E-state index in [1.807, 2.05) is 44.2 Å². The molecule has 36 heavy (non-hydrogen) atoms. The van der Waals surface area contributed by atoms with Gasteiger partial charge in [-0.05, 0) is 84.5 Å². The highest BCUT2D eigenvalue weighted by atomic mass is 32.2. The minimum atomic E-state index is -0.117. The lowest BCUT2D eigenvalue weighted by Crippen LogP contribution is -2.12. The van der Waals surface area contributed by atoms with Crippen LogP contribution >= 0.6 is 11.8 Å². The molecule has 3 N–H and O–H groups in total. The van der Waals surface area contributed by atoms with Crippen molar-refractivity contribution in [2.45, 2.75) is 102 Å². The molecular weight excluding hydrogens is 464 g/mol. The predicted molar refractivity (Wildman–Crippen MR) is 154 cm³/mol. The van der Waals surface area contributed by atoms with E-state index in [0.717, 1.165) is 50.4 Å². The van der Waals surface area contributed by atoms with Crippen LogP contribution in [0.15, 0.2) is 58.3 Å². The van der Waals surface area contributed by atoms with E-state index in [0.29, 0.717) is 17.2 Å². The Kier molecular flexibility index (Phi) is 9.96. The van der Waals surface area contributed by atoms with Crippen molar-refractivity contribution in [3.63, 3.8) is 0 Å². The number of hydrogen-bond donors (Lipinski definition) is 3. The molecule has 0 saturated carbocycles. The van der Waals surface area contributed by atoms with Crippen LogP contribution in [-0.4, -0.2) is 15.3 Å². The van der Waals surface area contributed by atoms with Gasteiger partial charge in [0.15, 0.2) is 0 Å². The van der Waals surface area contributed by atoms with Gasteiger partial charge in [0.2, 0.25) is 0 Å². The Hall–Kier alpha value is -2.59. The predicted octanol–water partition coefficient (Wildman–Crippen LogP) is 9.20. The highest BCUT2D eigenvalue weighted by Gasteiger charge is 2.22. The van der Waals surface area contributed by atoms with Gasteiger partial charge in [-0.3, -0.25) is 0 Å². The summed E-state index contributed by atoms with van der Waals surface area (Å²) in [4.78, 5) is 2.27. The Morgan fingerprint density at radius 2 is 1.11 bits per heavy atom. The van der Waals surface area contributed by atoms with Crippen molar-refractivity contribution in [2.75, 3.05) is 0 Å². The lowest BCUT2D eigenvalue weighted by Gasteiger charge is -2.24. The van der Waals surface area contributed by atoms with Crippen LogP contribution < -0.4 is 0 Å². The minimum absolute atomic E-state index is 0.117. The van der Waals surface area contributed by atoms with Gasteiger partial charge in [0.25, 0.3) is 0 Å². The molecule has 196 valence electrons. The molecule has 3 aromatic rings. The van der Waals surface area contributed by atoms with E-state index in [4.69, 9.17) is 0 Å². The first-order valence-electron chi connectivity index (χ1n) is 12.8. The van der Waals surface area contributed by atoms with Crippen molar-refractivity contribution < 1.29 is 15.3 Å². The zero-order chi connectivity index (χ0) is 27.3. The monoisotopic (exact) mass is 508 g/mol. The Balaban J connectivity index is 0.000000346. The number of aryl methyl sites for hydroxylation is 3. The van der Waals surface area contributed by atoms with E-state index >= 15 is 0 Å². The molecule has 0 fully saturated rings. The summed E-state index contributed by atoms with van der Waals surface area (Å²) in [5.74, 6) is 1.14. The van der Waals surface area contributed by atoms with E-state index in [2.05, 4.69) is 60.6 Å². The van der Waals surface area contributed by atoms with Gasteiger partial charge in [-0.15, -0.1) is 0 Å². The van der Waals surface area contributed by atoms with Gasteiger partial charge < -0.3 is 15.3 Å². The largest absolute Gasteiger partial charge is 0.508 e. The first-order valence-corrected chi connectivity index (χ1v) is 13.6. The second-order valence-electron chi connectivity index (χ2n) is 11.6. The third-order valence-electron chi connectivity index (χ3n) is 6.21. The van der Waals surface area contributed by atoms with Crippen LogP contribution in [0, 0.1) is 13.8 Å². The molecule has 0 saturated heterocycles. The molecule has 0 spiro atoms. The van der Waals surface area contributed by atoms with Crippen molar-refractivity contribution in [1.29, 1.82) is 0 Å². The average molecular weight is 509 g/mol. The van der Waals surface area contributed by atoms with E-state index < -0.39 is 0 Å². The smallest absolute Gasteiger partial charge is 0.119 e. The summed E-state index contributed by atoms with van der Waals surface area (Å²) in [5, 5.41) is 30.0. The summed E-state index contributed by atoms with van der Waals surface area (Å²) in [6, 6.07) is 15.4. The van der Waals surface area contributed by atoms with Gasteiger partial charge in [-0.1, -0.05) is 84.8 Å². The van der Waals surface area contributed by atoms with Crippen molar-refractivity contribution >= 4 is 11.8 Å². The van der Waals surface area contributed by atoms with Crippen LogP contribution in [0.4, 0.5) is 0 Å². The number of phenols is 3. The van der Waals surface area contributed by atoms with Crippen LogP contribution in [0.1, 0.15) is 89.1 Å². The van der Waals surface area contributed by atoms with E-state index in [-0.39, 0.29) is 10.8 Å². The average Bonchev–Trinajstić information content (AvgIpc) is 2.75. The van der Waals surface area contributed by atoms with E-state index in [1.165, 1.54) is 6.42 Å². The maximum Gasteiger partial charge on any atom is 0.119 e. The van der Waals surface area contributed by atoms with Crippen molar-refractivity contribution in [2.24, 2.45) is 0 Å². The van der Waals surface area contributed by atoms with Crippen LogP contribution in [0.5, 0.6) is 17.2 Å². The highest BCUT2D eigenvalue weighted by molar-refractivity contribution is 7.99. The van der Waals surface area contributed by atoms with Crippen LogP contribution in [0.25, 0.3) is 0 Å². The molecule has 0 amide bonds. The Morgan fingerprint density at radius 3 is 1.50 bits per heavy atom. The molecule has 4 heteroatoms. The van der Waals surface area contributed by atoms with Gasteiger partial charge >= 0.3 is 0 Å². The molecule has 3 aromatic carbocycles. The first-order chi connectivity index (χ1) is 16.6. The zero-order valence-electron chi connectivity index (χ0n) is 23.5. The molecule has 0 aromatic heterocycles. The second-order valence-corrected chi connectivity index (χ2v) is 12.7. The molecule has 0 atom stereocenters. The zero-order valence-corrected chi connectivity index (χ0v) is 24.3.